The molecule has 4 nitrogen and oxygen atoms in total. The first-order valence-corrected chi connectivity index (χ1v) is 8.71. The molecule has 3 aromatic rings. The third kappa shape index (κ3) is 3.90. The molecule has 0 saturated heterocycles. The Labute approximate surface area is 154 Å². The number of thiophene rings is 1. The highest BCUT2D eigenvalue weighted by Crippen LogP contribution is 2.29. The van der Waals surface area contributed by atoms with Crippen LogP contribution in [0.2, 0.25) is 5.02 Å². The SMILES string of the molecule is Cc1ccc(C(N)=O)cc1NC(=O)c1ccc(-c2ccc(Cl)cc2)s1. The lowest BCUT2D eigenvalue weighted by molar-refractivity contribution is 0.0996. The van der Waals surface area contributed by atoms with Crippen molar-refractivity contribution in [2.75, 3.05) is 5.32 Å². The number of amides is 2. The first kappa shape index (κ1) is 17.2. The molecule has 1 aromatic heterocycles. The highest BCUT2D eigenvalue weighted by Gasteiger charge is 2.13. The maximum atomic E-state index is 12.5. The van der Waals surface area contributed by atoms with E-state index in [1.807, 2.05) is 37.3 Å². The molecule has 0 aliphatic heterocycles. The van der Waals surface area contributed by atoms with Gasteiger partial charge in [0, 0.05) is 21.2 Å². The Morgan fingerprint density at radius 3 is 2.44 bits per heavy atom. The summed E-state index contributed by atoms with van der Waals surface area (Å²) in [5.41, 5.74) is 8.08. The maximum Gasteiger partial charge on any atom is 0.265 e. The second-order valence-corrected chi connectivity index (χ2v) is 7.04. The van der Waals surface area contributed by atoms with Crippen molar-refractivity contribution in [3.8, 4) is 10.4 Å². The molecular weight excluding hydrogens is 356 g/mol. The maximum absolute atomic E-state index is 12.5. The van der Waals surface area contributed by atoms with Gasteiger partial charge in [-0.1, -0.05) is 29.8 Å². The molecule has 1 heterocycles. The topological polar surface area (TPSA) is 72.2 Å². The average Bonchev–Trinajstić information content (AvgIpc) is 3.07. The van der Waals surface area contributed by atoms with Crippen molar-refractivity contribution in [3.63, 3.8) is 0 Å². The first-order valence-electron chi connectivity index (χ1n) is 7.51. The zero-order chi connectivity index (χ0) is 18.0. The molecule has 0 atom stereocenters. The van der Waals surface area contributed by atoms with Crippen LogP contribution in [-0.2, 0) is 0 Å². The zero-order valence-corrected chi connectivity index (χ0v) is 14.9. The number of rotatable bonds is 4. The Bertz CT molecular complexity index is 948. The molecular formula is C19H15ClN2O2S. The van der Waals surface area contributed by atoms with E-state index in [1.54, 1.807) is 24.3 Å². The van der Waals surface area contributed by atoms with E-state index in [2.05, 4.69) is 5.32 Å². The highest BCUT2D eigenvalue weighted by molar-refractivity contribution is 7.17. The number of halogens is 1. The third-order valence-corrected chi connectivity index (χ3v) is 5.11. The fraction of sp³-hybridized carbons (Fsp3) is 0.0526. The van der Waals surface area contributed by atoms with Crippen molar-refractivity contribution in [3.05, 3.63) is 75.6 Å². The van der Waals surface area contributed by atoms with Gasteiger partial charge in [-0.25, -0.2) is 0 Å². The van der Waals surface area contributed by atoms with Crippen LogP contribution >= 0.6 is 22.9 Å². The Kier molecular flexibility index (Phi) is 4.88. The largest absolute Gasteiger partial charge is 0.366 e. The molecule has 0 unspecified atom stereocenters. The number of carbonyl (C=O) groups excluding carboxylic acids is 2. The van der Waals surface area contributed by atoms with E-state index in [0.29, 0.717) is 21.2 Å². The fourth-order valence-corrected chi connectivity index (χ4v) is 3.36. The van der Waals surface area contributed by atoms with Crippen LogP contribution in [0.4, 0.5) is 5.69 Å². The number of primary amides is 1. The molecule has 0 spiro atoms. The number of aryl methyl sites for hydroxylation is 1. The molecule has 0 bridgehead atoms. The number of anilines is 1. The van der Waals surface area contributed by atoms with Crippen LogP contribution in [0.15, 0.2) is 54.6 Å². The number of hydrogen-bond acceptors (Lipinski definition) is 3. The lowest BCUT2D eigenvalue weighted by Crippen LogP contribution is -2.14. The van der Waals surface area contributed by atoms with Crippen LogP contribution in [0.1, 0.15) is 25.6 Å². The van der Waals surface area contributed by atoms with Gasteiger partial charge in [-0.3, -0.25) is 9.59 Å². The van der Waals surface area contributed by atoms with Gasteiger partial charge in [0.15, 0.2) is 0 Å². The summed E-state index contributed by atoms with van der Waals surface area (Å²) >= 11 is 7.29. The van der Waals surface area contributed by atoms with E-state index in [-0.39, 0.29) is 5.91 Å². The fourth-order valence-electron chi connectivity index (χ4n) is 2.32. The van der Waals surface area contributed by atoms with Crippen molar-refractivity contribution >= 4 is 40.4 Å². The number of nitrogens with one attached hydrogen (secondary N) is 1. The summed E-state index contributed by atoms with van der Waals surface area (Å²) in [5, 5.41) is 3.51. The quantitative estimate of drug-likeness (QED) is 0.696. The average molecular weight is 371 g/mol. The lowest BCUT2D eigenvalue weighted by Gasteiger charge is -2.08. The lowest BCUT2D eigenvalue weighted by atomic mass is 10.1. The summed E-state index contributed by atoms with van der Waals surface area (Å²) in [4.78, 5) is 25.4. The van der Waals surface area contributed by atoms with Crippen LogP contribution < -0.4 is 11.1 Å². The van der Waals surface area contributed by atoms with Gasteiger partial charge in [-0.05, 0) is 54.4 Å². The van der Waals surface area contributed by atoms with Gasteiger partial charge in [-0.2, -0.15) is 0 Å². The Morgan fingerprint density at radius 2 is 1.76 bits per heavy atom. The van der Waals surface area contributed by atoms with Crippen molar-refractivity contribution in [1.29, 1.82) is 0 Å². The molecule has 3 rings (SSSR count). The van der Waals surface area contributed by atoms with Gasteiger partial charge < -0.3 is 11.1 Å². The van der Waals surface area contributed by atoms with Crippen LogP contribution in [0.5, 0.6) is 0 Å². The molecule has 0 aliphatic rings. The van der Waals surface area contributed by atoms with Crippen LogP contribution in [-0.4, -0.2) is 11.8 Å². The van der Waals surface area contributed by atoms with Gasteiger partial charge >= 0.3 is 0 Å². The molecule has 0 saturated carbocycles. The predicted octanol–water partition coefficient (Wildman–Crippen LogP) is 4.73. The van der Waals surface area contributed by atoms with E-state index in [1.165, 1.54) is 11.3 Å². The van der Waals surface area contributed by atoms with Crippen molar-refractivity contribution in [1.82, 2.24) is 0 Å². The van der Waals surface area contributed by atoms with Gasteiger partial charge in [0.05, 0.1) is 4.88 Å². The minimum absolute atomic E-state index is 0.227. The van der Waals surface area contributed by atoms with Gasteiger partial charge in [0.25, 0.3) is 5.91 Å². The van der Waals surface area contributed by atoms with E-state index in [0.717, 1.165) is 16.0 Å². The molecule has 0 radical (unpaired) electrons. The number of benzene rings is 2. The molecule has 2 amide bonds. The first-order chi connectivity index (χ1) is 11.9. The van der Waals surface area contributed by atoms with E-state index in [4.69, 9.17) is 17.3 Å². The Hall–Kier alpha value is -2.63. The smallest absolute Gasteiger partial charge is 0.265 e. The van der Waals surface area contributed by atoms with Gasteiger partial charge in [0.2, 0.25) is 5.91 Å². The van der Waals surface area contributed by atoms with Crippen LogP contribution in [0.25, 0.3) is 10.4 Å². The van der Waals surface area contributed by atoms with E-state index >= 15 is 0 Å². The van der Waals surface area contributed by atoms with Crippen molar-refractivity contribution in [2.45, 2.75) is 6.92 Å². The third-order valence-electron chi connectivity index (χ3n) is 3.73. The number of nitrogens with two attached hydrogens (primary N) is 1. The number of hydrogen-bond donors (Lipinski definition) is 2. The van der Waals surface area contributed by atoms with Gasteiger partial charge in [0.1, 0.15) is 0 Å². The molecule has 0 aliphatic carbocycles. The summed E-state index contributed by atoms with van der Waals surface area (Å²) < 4.78 is 0. The van der Waals surface area contributed by atoms with Crippen LogP contribution in [0, 0.1) is 6.92 Å². The van der Waals surface area contributed by atoms with Crippen molar-refractivity contribution < 1.29 is 9.59 Å². The predicted molar refractivity (Wildman–Crippen MR) is 102 cm³/mol. The molecule has 2 aromatic carbocycles. The standard InChI is InChI=1S/C19H15ClN2O2S/c1-11-2-3-13(18(21)23)10-15(11)22-19(24)17-9-8-16(25-17)12-4-6-14(20)7-5-12/h2-10H,1H3,(H2,21,23)(H,22,24). The summed E-state index contributed by atoms with van der Waals surface area (Å²) in [6, 6.07) is 16.1. The normalized spacial score (nSPS) is 10.5. The monoisotopic (exact) mass is 370 g/mol. The van der Waals surface area contributed by atoms with Crippen molar-refractivity contribution in [2.24, 2.45) is 5.73 Å². The summed E-state index contributed by atoms with van der Waals surface area (Å²) in [5.74, 6) is -0.758. The molecule has 0 fully saturated rings. The minimum atomic E-state index is -0.531. The molecule has 126 valence electrons. The van der Waals surface area contributed by atoms with E-state index < -0.39 is 5.91 Å². The molecule has 25 heavy (non-hydrogen) atoms. The zero-order valence-electron chi connectivity index (χ0n) is 13.4. The second-order valence-electron chi connectivity index (χ2n) is 5.52. The second kappa shape index (κ2) is 7.09. The molecule has 6 heteroatoms. The van der Waals surface area contributed by atoms with E-state index in [9.17, 15) is 9.59 Å². The summed E-state index contributed by atoms with van der Waals surface area (Å²) in [6.45, 7) is 1.86. The Balaban J connectivity index is 1.82. The Morgan fingerprint density at radius 1 is 1.04 bits per heavy atom. The minimum Gasteiger partial charge on any atom is -0.366 e. The van der Waals surface area contributed by atoms with Crippen LogP contribution in [0.3, 0.4) is 0 Å². The summed E-state index contributed by atoms with van der Waals surface area (Å²) in [7, 11) is 0. The highest BCUT2D eigenvalue weighted by atomic mass is 35.5. The summed E-state index contributed by atoms with van der Waals surface area (Å²) in [6.07, 6.45) is 0. The number of carbonyl (C=O) groups is 2. The van der Waals surface area contributed by atoms with Gasteiger partial charge in [-0.15, -0.1) is 11.3 Å². The molecule has 3 N–H and O–H groups in total.